The predicted octanol–water partition coefficient (Wildman–Crippen LogP) is 6.08. The highest BCUT2D eigenvalue weighted by Gasteiger charge is 2.32. The Morgan fingerprint density at radius 3 is 2.28 bits per heavy atom. The Hall–Kier alpha value is -3.38. The Labute approximate surface area is 196 Å². The van der Waals surface area contributed by atoms with Crippen LogP contribution in [0.25, 0.3) is 6.08 Å². The Kier molecular flexibility index (Phi) is 6.71. The lowest BCUT2D eigenvalue weighted by Crippen LogP contribution is -2.32. The molecule has 162 valence electrons. The van der Waals surface area contributed by atoms with Gasteiger partial charge in [0.05, 0.1) is 18.9 Å². The molecule has 1 aliphatic heterocycles. The van der Waals surface area contributed by atoms with Crippen LogP contribution in [0, 0.1) is 0 Å². The summed E-state index contributed by atoms with van der Waals surface area (Å²) < 4.78 is 12.3. The van der Waals surface area contributed by atoms with Crippen molar-refractivity contribution in [3.05, 3.63) is 94.1 Å². The molecule has 1 aliphatic rings. The predicted molar refractivity (Wildman–Crippen MR) is 131 cm³/mol. The van der Waals surface area contributed by atoms with Crippen LogP contribution in [0.5, 0.6) is 11.5 Å². The fourth-order valence-corrected chi connectivity index (χ4v) is 3.71. The molecular formula is C26H23BrN2O3. The minimum absolute atomic E-state index is 0.182. The van der Waals surface area contributed by atoms with Crippen LogP contribution in [0.2, 0.25) is 0 Å². The molecule has 0 saturated carbocycles. The Balaban J connectivity index is 1.76. The first-order chi connectivity index (χ1) is 15.6. The van der Waals surface area contributed by atoms with Crippen molar-refractivity contribution in [2.24, 2.45) is 4.99 Å². The fourth-order valence-electron chi connectivity index (χ4n) is 3.44. The maximum absolute atomic E-state index is 13.4. The largest absolute Gasteiger partial charge is 0.490 e. The smallest absolute Gasteiger partial charge is 0.282 e. The molecule has 0 atom stereocenters. The number of anilines is 1. The van der Waals surface area contributed by atoms with Gasteiger partial charge in [0.25, 0.3) is 5.91 Å². The summed E-state index contributed by atoms with van der Waals surface area (Å²) in [5.41, 5.74) is 2.80. The van der Waals surface area contributed by atoms with E-state index in [-0.39, 0.29) is 5.91 Å². The van der Waals surface area contributed by atoms with Crippen molar-refractivity contribution < 1.29 is 14.3 Å². The zero-order chi connectivity index (χ0) is 22.5. The lowest BCUT2D eigenvalue weighted by atomic mass is 10.1. The minimum Gasteiger partial charge on any atom is -0.490 e. The third-order valence-electron chi connectivity index (χ3n) is 4.85. The molecule has 0 radical (unpaired) electrons. The zero-order valence-electron chi connectivity index (χ0n) is 17.9. The van der Waals surface area contributed by atoms with Gasteiger partial charge in [0.2, 0.25) is 0 Å². The third kappa shape index (κ3) is 4.60. The van der Waals surface area contributed by atoms with Crippen molar-refractivity contribution in [2.75, 3.05) is 18.1 Å². The summed E-state index contributed by atoms with van der Waals surface area (Å²) in [6, 6.07) is 22.9. The summed E-state index contributed by atoms with van der Waals surface area (Å²) in [5, 5.41) is 0. The summed E-state index contributed by atoms with van der Waals surface area (Å²) in [6.45, 7) is 4.92. The van der Waals surface area contributed by atoms with Crippen LogP contribution >= 0.6 is 15.9 Å². The molecule has 0 aromatic heterocycles. The highest BCUT2D eigenvalue weighted by Crippen LogP contribution is 2.32. The second-order valence-corrected chi connectivity index (χ2v) is 7.94. The molecule has 0 bridgehead atoms. The van der Waals surface area contributed by atoms with Gasteiger partial charge in [-0.1, -0.05) is 52.3 Å². The number of carbonyl (C=O) groups excluding carboxylic acids is 1. The molecular weight excluding hydrogens is 468 g/mol. The topological polar surface area (TPSA) is 51.1 Å². The van der Waals surface area contributed by atoms with Crippen LogP contribution in [0.15, 0.2) is 88.0 Å². The molecule has 0 fully saturated rings. The van der Waals surface area contributed by atoms with Crippen molar-refractivity contribution in [3.8, 4) is 11.5 Å². The van der Waals surface area contributed by atoms with E-state index < -0.39 is 0 Å². The molecule has 1 amide bonds. The van der Waals surface area contributed by atoms with E-state index in [2.05, 4.69) is 15.9 Å². The Morgan fingerprint density at radius 2 is 1.59 bits per heavy atom. The lowest BCUT2D eigenvalue weighted by molar-refractivity contribution is -0.113. The van der Waals surface area contributed by atoms with E-state index in [1.165, 1.54) is 0 Å². The highest BCUT2D eigenvalue weighted by atomic mass is 79.9. The van der Waals surface area contributed by atoms with E-state index in [0.29, 0.717) is 36.2 Å². The molecule has 4 rings (SSSR count). The number of benzene rings is 3. The summed E-state index contributed by atoms with van der Waals surface area (Å²) in [6.07, 6.45) is 1.78. The van der Waals surface area contributed by atoms with E-state index in [0.717, 1.165) is 21.3 Å². The Morgan fingerprint density at radius 1 is 0.906 bits per heavy atom. The van der Waals surface area contributed by atoms with Gasteiger partial charge in [0.15, 0.2) is 11.5 Å². The average molecular weight is 491 g/mol. The van der Waals surface area contributed by atoms with Gasteiger partial charge >= 0.3 is 0 Å². The quantitative estimate of drug-likeness (QED) is 0.377. The van der Waals surface area contributed by atoms with Crippen LogP contribution in [0.3, 0.4) is 0 Å². The maximum Gasteiger partial charge on any atom is 0.282 e. The number of rotatable bonds is 7. The first-order valence-corrected chi connectivity index (χ1v) is 11.3. The molecule has 0 unspecified atom stereocenters. The van der Waals surface area contributed by atoms with E-state index in [1.807, 2.05) is 86.6 Å². The highest BCUT2D eigenvalue weighted by molar-refractivity contribution is 9.10. The first kappa shape index (κ1) is 21.8. The molecule has 3 aromatic rings. The average Bonchev–Trinajstić information content (AvgIpc) is 3.13. The van der Waals surface area contributed by atoms with Crippen molar-refractivity contribution in [1.29, 1.82) is 0 Å². The molecule has 1 heterocycles. The second kappa shape index (κ2) is 9.83. The Bertz CT molecular complexity index is 1170. The van der Waals surface area contributed by atoms with Crippen molar-refractivity contribution >= 4 is 39.4 Å². The van der Waals surface area contributed by atoms with Crippen LogP contribution in [-0.4, -0.2) is 25.0 Å². The first-order valence-electron chi connectivity index (χ1n) is 10.5. The number of hydrogen-bond donors (Lipinski definition) is 0. The van der Waals surface area contributed by atoms with Gasteiger partial charge in [-0.05, 0) is 61.9 Å². The van der Waals surface area contributed by atoms with E-state index in [9.17, 15) is 4.79 Å². The molecule has 0 aliphatic carbocycles. The summed E-state index contributed by atoms with van der Waals surface area (Å²) in [5.74, 6) is 1.74. The molecule has 5 nitrogen and oxygen atoms in total. The second-order valence-electron chi connectivity index (χ2n) is 7.02. The monoisotopic (exact) mass is 490 g/mol. The third-order valence-corrected chi connectivity index (χ3v) is 5.38. The standard InChI is InChI=1S/C26H23BrN2O3/c1-3-31-23-15-10-18(17-24(23)32-4-2)16-22-26(30)29(21-13-11-20(27)12-14-21)25(28-22)19-8-6-5-7-9-19/h5-17H,3-4H2,1-2H3/b22-16-. The number of aliphatic imine (C=N–C) groups is 1. The number of ether oxygens (including phenoxy) is 2. The van der Waals surface area contributed by atoms with E-state index in [4.69, 9.17) is 14.5 Å². The molecule has 0 spiro atoms. The van der Waals surface area contributed by atoms with Crippen molar-refractivity contribution in [1.82, 2.24) is 0 Å². The van der Waals surface area contributed by atoms with E-state index in [1.54, 1.807) is 11.0 Å². The van der Waals surface area contributed by atoms with Crippen LogP contribution in [0.1, 0.15) is 25.0 Å². The van der Waals surface area contributed by atoms with Gasteiger partial charge in [-0.2, -0.15) is 0 Å². The summed E-state index contributed by atoms with van der Waals surface area (Å²) in [4.78, 5) is 19.8. The number of nitrogens with zero attached hydrogens (tertiary/aromatic N) is 2. The summed E-state index contributed by atoms with van der Waals surface area (Å²) in [7, 11) is 0. The summed E-state index contributed by atoms with van der Waals surface area (Å²) >= 11 is 3.45. The molecule has 0 N–H and O–H groups in total. The van der Waals surface area contributed by atoms with Gasteiger partial charge in [-0.3, -0.25) is 9.69 Å². The number of hydrogen-bond acceptors (Lipinski definition) is 4. The van der Waals surface area contributed by atoms with Gasteiger partial charge in [0.1, 0.15) is 11.5 Å². The van der Waals surface area contributed by atoms with Crippen molar-refractivity contribution in [2.45, 2.75) is 13.8 Å². The van der Waals surface area contributed by atoms with Gasteiger partial charge in [-0.25, -0.2) is 4.99 Å². The number of halogens is 1. The number of amides is 1. The van der Waals surface area contributed by atoms with Crippen LogP contribution in [-0.2, 0) is 4.79 Å². The van der Waals surface area contributed by atoms with Crippen molar-refractivity contribution in [3.63, 3.8) is 0 Å². The van der Waals surface area contributed by atoms with Gasteiger partial charge in [-0.15, -0.1) is 0 Å². The van der Waals surface area contributed by atoms with Crippen LogP contribution in [0.4, 0.5) is 5.69 Å². The molecule has 6 heteroatoms. The SMILES string of the molecule is CCOc1ccc(/C=C2\N=C(c3ccccc3)N(c3ccc(Br)cc3)C2=O)cc1OCC. The fraction of sp³-hybridized carbons (Fsp3) is 0.154. The van der Waals surface area contributed by atoms with Gasteiger partial charge < -0.3 is 9.47 Å². The molecule has 0 saturated heterocycles. The molecule has 32 heavy (non-hydrogen) atoms. The lowest BCUT2D eigenvalue weighted by Gasteiger charge is -2.18. The van der Waals surface area contributed by atoms with Crippen LogP contribution < -0.4 is 14.4 Å². The number of amidine groups is 1. The maximum atomic E-state index is 13.4. The van der Waals surface area contributed by atoms with Gasteiger partial charge in [0, 0.05) is 10.0 Å². The molecule has 3 aromatic carbocycles. The normalized spacial score (nSPS) is 14.6. The zero-order valence-corrected chi connectivity index (χ0v) is 19.5. The van der Waals surface area contributed by atoms with E-state index >= 15 is 0 Å². The minimum atomic E-state index is -0.182. The number of carbonyl (C=O) groups is 1.